The Bertz CT molecular complexity index is 766. The number of nitro groups is 1. The lowest BCUT2D eigenvalue weighted by molar-refractivity contribution is -0.384. The van der Waals surface area contributed by atoms with Crippen LogP contribution in [0.1, 0.15) is 63.7 Å². The zero-order chi connectivity index (χ0) is 23.8. The predicted molar refractivity (Wildman–Crippen MR) is 126 cm³/mol. The van der Waals surface area contributed by atoms with Gasteiger partial charge in [0.25, 0.3) is 11.6 Å². The standard InChI is InChI=1S/C22H38FN3O4Si/c1-8-9-10-11-13-25(5)21(27)17-15-20(26(28)29)19(16-18(17)23)24-12-14-30-31(6,7)22(2,3)4/h15-16,24H,8-14H2,1-7H3/q-1. The van der Waals surface area contributed by atoms with Crippen LogP contribution < -0.4 is 5.32 Å². The number of hydrogen-bond donors (Lipinski definition) is 1. The van der Waals surface area contributed by atoms with Crippen LogP contribution in [0.3, 0.4) is 0 Å². The van der Waals surface area contributed by atoms with Gasteiger partial charge < -0.3 is 14.6 Å². The summed E-state index contributed by atoms with van der Waals surface area (Å²) in [7, 11) is -0.353. The van der Waals surface area contributed by atoms with E-state index in [9.17, 15) is 19.3 Å². The molecule has 1 aromatic carbocycles. The molecule has 9 heteroatoms. The van der Waals surface area contributed by atoms with Crippen molar-refractivity contribution >= 4 is 25.6 Å². The number of nitrogens with one attached hydrogen (secondary N) is 1. The van der Waals surface area contributed by atoms with Crippen molar-refractivity contribution < 1.29 is 18.5 Å². The number of hydrogen-bond acceptors (Lipinski definition) is 5. The average Bonchev–Trinajstić information content (AvgIpc) is 2.66. The van der Waals surface area contributed by atoms with Gasteiger partial charge in [0, 0.05) is 38.9 Å². The van der Waals surface area contributed by atoms with Gasteiger partial charge in [-0.1, -0.05) is 47.0 Å². The first kappa shape index (κ1) is 27.0. The number of nitro benzene ring substituents is 1. The molecule has 0 heterocycles. The summed E-state index contributed by atoms with van der Waals surface area (Å²) >= 11 is 0. The number of carbonyl (C=O) groups is 1. The smallest absolute Gasteiger partial charge is 0.293 e. The Kier molecular flexibility index (Phi) is 10.1. The van der Waals surface area contributed by atoms with E-state index in [0.29, 0.717) is 19.7 Å². The second kappa shape index (κ2) is 11.6. The third-order valence-corrected chi connectivity index (χ3v) is 10.4. The fourth-order valence-electron chi connectivity index (χ4n) is 2.81. The van der Waals surface area contributed by atoms with Gasteiger partial charge in [-0.2, -0.15) is 0 Å². The Morgan fingerprint density at radius 3 is 2.45 bits per heavy atom. The quantitative estimate of drug-likeness (QED) is 0.186. The Labute approximate surface area is 186 Å². The van der Waals surface area contributed by atoms with E-state index in [1.807, 2.05) is 0 Å². The lowest BCUT2D eigenvalue weighted by Crippen LogP contribution is -2.41. The molecule has 0 saturated heterocycles. The third-order valence-electron chi connectivity index (χ3n) is 5.89. The summed E-state index contributed by atoms with van der Waals surface area (Å²) in [5.41, 5.74) is -0.562. The normalized spacial score (nSPS) is 12.0. The molecule has 0 saturated carbocycles. The van der Waals surface area contributed by atoms with Gasteiger partial charge in [-0.25, -0.2) is 4.39 Å². The van der Waals surface area contributed by atoms with E-state index in [1.54, 1.807) is 7.05 Å². The van der Waals surface area contributed by atoms with Gasteiger partial charge in [0.2, 0.25) is 0 Å². The number of benzene rings is 1. The van der Waals surface area contributed by atoms with Gasteiger partial charge in [-0.05, 0) is 14.7 Å². The number of unbranched alkanes of at least 4 members (excludes halogenated alkanes) is 3. The van der Waals surface area contributed by atoms with Gasteiger partial charge in [-0.15, -0.1) is 18.1 Å². The second-order valence-corrected chi connectivity index (χ2v) is 14.2. The van der Waals surface area contributed by atoms with Crippen molar-refractivity contribution in [1.82, 2.24) is 4.90 Å². The number of rotatable bonds is 12. The minimum Gasteiger partial charge on any atom is -0.563 e. The third kappa shape index (κ3) is 7.88. The van der Waals surface area contributed by atoms with Crippen molar-refractivity contribution in [1.29, 1.82) is 0 Å². The van der Waals surface area contributed by atoms with E-state index in [0.717, 1.165) is 37.8 Å². The summed E-state index contributed by atoms with van der Waals surface area (Å²) in [6, 6.07) is 2.06. The highest BCUT2D eigenvalue weighted by Crippen LogP contribution is 2.36. The van der Waals surface area contributed by atoms with Crippen molar-refractivity contribution in [3.8, 4) is 0 Å². The van der Waals surface area contributed by atoms with Crippen molar-refractivity contribution in [2.75, 3.05) is 32.1 Å². The summed E-state index contributed by atoms with van der Waals surface area (Å²) in [5, 5.41) is 14.5. The van der Waals surface area contributed by atoms with Crippen LogP contribution in [0.5, 0.6) is 0 Å². The van der Waals surface area contributed by atoms with Crippen LogP contribution >= 0.6 is 0 Å². The Hall–Kier alpha value is -2.00. The molecule has 0 aliphatic heterocycles. The lowest BCUT2D eigenvalue weighted by atomic mass is 10.1. The molecule has 177 valence electrons. The fourth-order valence-corrected chi connectivity index (χ4v) is 3.86. The van der Waals surface area contributed by atoms with Gasteiger partial charge in [0.1, 0.15) is 11.5 Å². The van der Waals surface area contributed by atoms with Crippen molar-refractivity contribution in [2.24, 2.45) is 0 Å². The maximum atomic E-state index is 14.7. The zero-order valence-electron chi connectivity index (χ0n) is 20.0. The van der Waals surface area contributed by atoms with Crippen molar-refractivity contribution in [3.63, 3.8) is 0 Å². The summed E-state index contributed by atoms with van der Waals surface area (Å²) in [6.45, 7) is 13.9. The SMILES string of the molecule is CCCCCCN(C)C(=O)c1cc([N+](=O)[O-])c(NCCO[Si-](C)(C)C(C)(C)C)cc1F. The van der Waals surface area contributed by atoms with Crippen LogP contribution in [0, 0.1) is 15.9 Å². The molecule has 0 aliphatic rings. The highest BCUT2D eigenvalue weighted by atomic mass is 28.4. The first-order valence-electron chi connectivity index (χ1n) is 10.9. The number of anilines is 1. The molecule has 0 aliphatic carbocycles. The van der Waals surface area contributed by atoms with Crippen LogP contribution in [-0.2, 0) is 4.43 Å². The molecule has 7 nitrogen and oxygen atoms in total. The van der Waals surface area contributed by atoms with E-state index in [4.69, 9.17) is 4.43 Å². The van der Waals surface area contributed by atoms with Crippen LogP contribution in [0.2, 0.25) is 18.1 Å². The monoisotopic (exact) mass is 455 g/mol. The molecular weight excluding hydrogens is 417 g/mol. The molecule has 0 fully saturated rings. The Balaban J connectivity index is 2.87. The largest absolute Gasteiger partial charge is 0.563 e. The number of amides is 1. The molecule has 1 N–H and O–H groups in total. The van der Waals surface area contributed by atoms with Gasteiger partial charge in [-0.3, -0.25) is 14.9 Å². The Morgan fingerprint density at radius 2 is 1.90 bits per heavy atom. The van der Waals surface area contributed by atoms with Crippen LogP contribution in [0.4, 0.5) is 15.8 Å². The van der Waals surface area contributed by atoms with E-state index in [-0.39, 0.29) is 22.0 Å². The lowest BCUT2D eigenvalue weighted by Gasteiger charge is -2.48. The minimum atomic E-state index is -1.94. The molecule has 0 atom stereocenters. The topological polar surface area (TPSA) is 84.7 Å². The van der Waals surface area contributed by atoms with Crippen LogP contribution in [-0.4, -0.2) is 50.8 Å². The summed E-state index contributed by atoms with van der Waals surface area (Å²) in [4.78, 5) is 25.0. The van der Waals surface area contributed by atoms with Gasteiger partial charge in [0.15, 0.2) is 0 Å². The van der Waals surface area contributed by atoms with Gasteiger partial charge >= 0.3 is 0 Å². The fraction of sp³-hybridized carbons (Fsp3) is 0.682. The summed E-state index contributed by atoms with van der Waals surface area (Å²) < 4.78 is 20.7. The van der Waals surface area contributed by atoms with Crippen LogP contribution in [0.25, 0.3) is 0 Å². The molecule has 0 bridgehead atoms. The van der Waals surface area contributed by atoms with Crippen LogP contribution in [0.15, 0.2) is 12.1 Å². The van der Waals surface area contributed by atoms with Crippen molar-refractivity contribution in [2.45, 2.75) is 71.5 Å². The zero-order valence-corrected chi connectivity index (χ0v) is 21.0. The predicted octanol–water partition coefficient (Wildman–Crippen LogP) is 5.82. The summed E-state index contributed by atoms with van der Waals surface area (Å²) in [5.74, 6) is -1.33. The molecule has 0 radical (unpaired) electrons. The molecule has 31 heavy (non-hydrogen) atoms. The maximum absolute atomic E-state index is 14.7. The minimum absolute atomic E-state index is 0.0449. The number of halogens is 1. The number of nitrogens with zero attached hydrogens (tertiary/aromatic N) is 2. The van der Waals surface area contributed by atoms with E-state index >= 15 is 0 Å². The van der Waals surface area contributed by atoms with E-state index < -0.39 is 25.0 Å². The molecule has 0 aromatic heterocycles. The van der Waals surface area contributed by atoms with Crippen molar-refractivity contribution in [3.05, 3.63) is 33.6 Å². The first-order chi connectivity index (χ1) is 14.3. The number of carbonyl (C=O) groups excluding carboxylic acids is 1. The first-order valence-corrected chi connectivity index (χ1v) is 13.8. The highest BCUT2D eigenvalue weighted by Gasteiger charge is 2.26. The Morgan fingerprint density at radius 1 is 1.26 bits per heavy atom. The molecule has 0 spiro atoms. The highest BCUT2D eigenvalue weighted by molar-refractivity contribution is 6.74. The van der Waals surface area contributed by atoms with E-state index in [1.165, 1.54) is 4.90 Å². The average molecular weight is 456 g/mol. The second-order valence-electron chi connectivity index (χ2n) is 9.43. The molecule has 1 amide bonds. The summed E-state index contributed by atoms with van der Waals surface area (Å²) in [6.07, 6.45) is 3.94. The molecule has 1 rings (SSSR count). The van der Waals surface area contributed by atoms with Gasteiger partial charge in [0.05, 0.1) is 10.5 Å². The van der Waals surface area contributed by atoms with E-state index in [2.05, 4.69) is 46.1 Å². The molecule has 0 unspecified atom stereocenters. The maximum Gasteiger partial charge on any atom is 0.293 e. The molecule has 1 aromatic rings. The molecular formula is C22H38FN3O4Si-.